The Labute approximate surface area is 151 Å². The van der Waals surface area contributed by atoms with Gasteiger partial charge in [-0.1, -0.05) is 24.3 Å². The molecule has 132 valence electrons. The summed E-state index contributed by atoms with van der Waals surface area (Å²) in [6.45, 7) is 9.04. The summed E-state index contributed by atoms with van der Waals surface area (Å²) in [4.78, 5) is 10.3. The summed E-state index contributed by atoms with van der Waals surface area (Å²) in [5.74, 6) is 0.465. The normalized spacial score (nSPS) is 17.4. The second kappa shape index (κ2) is 6.77. The fraction of sp³-hybridized carbons (Fsp3) is 0.300. The van der Waals surface area contributed by atoms with Crippen molar-refractivity contribution in [2.75, 3.05) is 18.0 Å². The van der Waals surface area contributed by atoms with E-state index >= 15 is 0 Å². The molecule has 0 bridgehead atoms. The third-order valence-corrected chi connectivity index (χ3v) is 4.87. The van der Waals surface area contributed by atoms with E-state index in [0.29, 0.717) is 17.8 Å². The minimum absolute atomic E-state index is 0.131. The van der Waals surface area contributed by atoms with Gasteiger partial charge < -0.3 is 15.2 Å². The molecule has 0 amide bonds. The van der Waals surface area contributed by atoms with E-state index in [9.17, 15) is 4.39 Å². The van der Waals surface area contributed by atoms with Gasteiger partial charge in [-0.15, -0.1) is 0 Å². The summed E-state index contributed by atoms with van der Waals surface area (Å²) in [7, 11) is 0. The molecule has 1 aliphatic rings. The SMILES string of the molecule is [C-]#[N+]c1ccc(Cn2c(N3CCC[C@H](N)C3)nc3ccccc32)c(F)c1. The van der Waals surface area contributed by atoms with Crippen molar-refractivity contribution in [3.05, 3.63) is 65.3 Å². The average Bonchev–Trinajstić information content (AvgIpc) is 3.02. The molecule has 6 heteroatoms. The number of imidazole rings is 1. The van der Waals surface area contributed by atoms with E-state index in [-0.39, 0.29) is 11.9 Å². The maximum atomic E-state index is 14.5. The van der Waals surface area contributed by atoms with Crippen LogP contribution in [-0.4, -0.2) is 28.7 Å². The van der Waals surface area contributed by atoms with Crippen LogP contribution in [0.25, 0.3) is 15.9 Å². The number of rotatable bonds is 3. The summed E-state index contributed by atoms with van der Waals surface area (Å²) < 4.78 is 16.5. The predicted molar refractivity (Wildman–Crippen MR) is 101 cm³/mol. The van der Waals surface area contributed by atoms with Crippen LogP contribution in [0.2, 0.25) is 0 Å². The van der Waals surface area contributed by atoms with E-state index in [0.717, 1.165) is 42.9 Å². The van der Waals surface area contributed by atoms with Crippen molar-refractivity contribution in [2.24, 2.45) is 5.73 Å². The van der Waals surface area contributed by atoms with E-state index in [1.807, 2.05) is 28.8 Å². The van der Waals surface area contributed by atoms with Crippen LogP contribution in [0.4, 0.5) is 16.0 Å². The average molecular weight is 349 g/mol. The van der Waals surface area contributed by atoms with Crippen molar-refractivity contribution in [1.82, 2.24) is 9.55 Å². The first kappa shape index (κ1) is 16.6. The molecular weight excluding hydrogens is 329 g/mol. The number of para-hydroxylation sites is 2. The first-order chi connectivity index (χ1) is 12.7. The number of hydrogen-bond donors (Lipinski definition) is 1. The molecule has 2 heterocycles. The molecule has 1 fully saturated rings. The van der Waals surface area contributed by atoms with Gasteiger partial charge in [0.1, 0.15) is 5.82 Å². The molecule has 0 spiro atoms. The molecule has 0 saturated carbocycles. The molecule has 4 rings (SSSR count). The highest BCUT2D eigenvalue weighted by molar-refractivity contribution is 5.79. The van der Waals surface area contributed by atoms with Crippen LogP contribution in [0, 0.1) is 12.4 Å². The molecule has 26 heavy (non-hydrogen) atoms. The highest BCUT2D eigenvalue weighted by Crippen LogP contribution is 2.27. The molecule has 0 radical (unpaired) electrons. The van der Waals surface area contributed by atoms with Gasteiger partial charge in [0.15, 0.2) is 5.69 Å². The predicted octanol–water partition coefficient (Wildman–Crippen LogP) is 3.70. The zero-order chi connectivity index (χ0) is 18.1. The Balaban J connectivity index is 1.78. The van der Waals surface area contributed by atoms with Crippen LogP contribution < -0.4 is 10.6 Å². The second-order valence-electron chi connectivity index (χ2n) is 6.72. The molecule has 1 aliphatic heterocycles. The molecule has 1 atom stereocenters. The monoisotopic (exact) mass is 349 g/mol. The number of halogens is 1. The van der Waals surface area contributed by atoms with Crippen LogP contribution in [0.15, 0.2) is 42.5 Å². The molecule has 0 aliphatic carbocycles. The summed E-state index contributed by atoms with van der Waals surface area (Å²) in [6, 6.07) is 12.6. The minimum Gasteiger partial charge on any atom is -0.341 e. The van der Waals surface area contributed by atoms with E-state index in [4.69, 9.17) is 17.3 Å². The number of benzene rings is 2. The first-order valence-electron chi connectivity index (χ1n) is 8.77. The Morgan fingerprint density at radius 3 is 2.88 bits per heavy atom. The molecule has 0 unspecified atom stereocenters. The van der Waals surface area contributed by atoms with Gasteiger partial charge in [0.2, 0.25) is 5.95 Å². The smallest absolute Gasteiger partial charge is 0.206 e. The van der Waals surface area contributed by atoms with Crippen LogP contribution in [-0.2, 0) is 6.54 Å². The van der Waals surface area contributed by atoms with Crippen LogP contribution >= 0.6 is 0 Å². The Morgan fingerprint density at radius 1 is 1.27 bits per heavy atom. The van der Waals surface area contributed by atoms with Gasteiger partial charge in [0, 0.05) is 24.7 Å². The van der Waals surface area contributed by atoms with E-state index < -0.39 is 0 Å². The largest absolute Gasteiger partial charge is 0.341 e. The third kappa shape index (κ3) is 3.02. The molecule has 2 N–H and O–H groups in total. The molecule has 1 aromatic heterocycles. The molecule has 3 aromatic rings. The van der Waals surface area contributed by atoms with Crippen molar-refractivity contribution in [3.8, 4) is 0 Å². The number of nitrogens with two attached hydrogens (primary N) is 1. The first-order valence-corrected chi connectivity index (χ1v) is 8.77. The maximum absolute atomic E-state index is 14.5. The van der Waals surface area contributed by atoms with Crippen molar-refractivity contribution < 1.29 is 4.39 Å². The van der Waals surface area contributed by atoms with Crippen molar-refractivity contribution in [2.45, 2.75) is 25.4 Å². The van der Waals surface area contributed by atoms with Gasteiger partial charge in [-0.05, 0) is 31.0 Å². The van der Waals surface area contributed by atoms with Crippen LogP contribution in [0.3, 0.4) is 0 Å². The van der Waals surface area contributed by atoms with Gasteiger partial charge in [-0.3, -0.25) is 0 Å². The fourth-order valence-electron chi connectivity index (χ4n) is 3.56. The zero-order valence-electron chi connectivity index (χ0n) is 14.4. The number of piperidine rings is 1. The third-order valence-electron chi connectivity index (χ3n) is 4.87. The number of aromatic nitrogens is 2. The molecular formula is C20H20FN5. The lowest BCUT2D eigenvalue weighted by molar-refractivity contribution is 0.494. The standard InChI is InChI=1S/C20H20FN5/c1-23-16-9-8-14(17(21)11-16)12-26-19-7-3-2-6-18(19)24-20(26)25-10-4-5-15(22)13-25/h2-3,6-9,11,15H,4-5,10,12-13,22H2/t15-/m0/s1. The highest BCUT2D eigenvalue weighted by Gasteiger charge is 2.23. The Kier molecular flexibility index (Phi) is 4.31. The Bertz CT molecular complexity index is 988. The van der Waals surface area contributed by atoms with Gasteiger partial charge in [0.25, 0.3) is 0 Å². The van der Waals surface area contributed by atoms with Gasteiger partial charge in [-0.25, -0.2) is 14.2 Å². The maximum Gasteiger partial charge on any atom is 0.206 e. The fourth-order valence-corrected chi connectivity index (χ4v) is 3.56. The Hall–Kier alpha value is -2.91. The zero-order valence-corrected chi connectivity index (χ0v) is 14.4. The lowest BCUT2D eigenvalue weighted by atomic mass is 10.1. The second-order valence-corrected chi connectivity index (χ2v) is 6.72. The number of anilines is 1. The van der Waals surface area contributed by atoms with Crippen molar-refractivity contribution >= 4 is 22.7 Å². The summed E-state index contributed by atoms with van der Waals surface area (Å²) in [6.07, 6.45) is 2.04. The highest BCUT2D eigenvalue weighted by atomic mass is 19.1. The van der Waals surface area contributed by atoms with E-state index in [1.54, 1.807) is 12.1 Å². The summed E-state index contributed by atoms with van der Waals surface area (Å²) in [5, 5.41) is 0. The summed E-state index contributed by atoms with van der Waals surface area (Å²) >= 11 is 0. The number of fused-ring (bicyclic) bond motifs is 1. The minimum atomic E-state index is -0.363. The quantitative estimate of drug-likeness (QED) is 0.734. The van der Waals surface area contributed by atoms with Gasteiger partial charge >= 0.3 is 0 Å². The lowest BCUT2D eigenvalue weighted by Crippen LogP contribution is -2.44. The van der Waals surface area contributed by atoms with Crippen LogP contribution in [0.1, 0.15) is 18.4 Å². The van der Waals surface area contributed by atoms with Gasteiger partial charge in [0.05, 0.1) is 24.2 Å². The topological polar surface area (TPSA) is 51.4 Å². The Morgan fingerprint density at radius 2 is 2.12 bits per heavy atom. The van der Waals surface area contributed by atoms with E-state index in [2.05, 4.69) is 9.74 Å². The number of hydrogen-bond acceptors (Lipinski definition) is 3. The molecule has 5 nitrogen and oxygen atoms in total. The van der Waals surface area contributed by atoms with Crippen molar-refractivity contribution in [3.63, 3.8) is 0 Å². The molecule has 1 saturated heterocycles. The van der Waals surface area contributed by atoms with Gasteiger partial charge in [-0.2, -0.15) is 0 Å². The molecule has 2 aromatic carbocycles. The van der Waals surface area contributed by atoms with Crippen LogP contribution in [0.5, 0.6) is 0 Å². The van der Waals surface area contributed by atoms with Crippen molar-refractivity contribution in [1.29, 1.82) is 0 Å². The summed E-state index contributed by atoms with van der Waals surface area (Å²) in [5.41, 5.74) is 8.86. The van der Waals surface area contributed by atoms with E-state index in [1.165, 1.54) is 6.07 Å². The lowest BCUT2D eigenvalue weighted by Gasteiger charge is -2.32. The number of nitrogens with zero attached hydrogens (tertiary/aromatic N) is 4.